The molecule has 0 radical (unpaired) electrons. The summed E-state index contributed by atoms with van der Waals surface area (Å²) in [5, 5.41) is 9.89. The van der Waals surface area contributed by atoms with E-state index in [-0.39, 0.29) is 5.91 Å². The van der Waals surface area contributed by atoms with Crippen molar-refractivity contribution < 1.29 is 9.53 Å². The molecule has 1 atom stereocenters. The minimum atomic E-state index is -0.779. The third-order valence-corrected chi connectivity index (χ3v) is 6.58. The third kappa shape index (κ3) is 4.45. The molecule has 1 amide bonds. The van der Waals surface area contributed by atoms with Crippen LogP contribution in [-0.4, -0.2) is 26.8 Å². The zero-order valence-corrected chi connectivity index (χ0v) is 19.9. The van der Waals surface area contributed by atoms with E-state index in [0.717, 1.165) is 36.1 Å². The first-order valence-electron chi connectivity index (χ1n) is 10.7. The molecule has 4 rings (SSSR count). The average molecular weight is 469 g/mol. The normalized spacial score (nSPS) is 14.9. The predicted octanol–water partition coefficient (Wildman–Crippen LogP) is 6.09. The number of carbonyl (C=O) groups is 1. The van der Waals surface area contributed by atoms with Gasteiger partial charge in [0.25, 0.3) is 0 Å². The first-order valence-corrected chi connectivity index (χ1v) is 12.1. The van der Waals surface area contributed by atoms with E-state index in [1.807, 2.05) is 36.4 Å². The maximum absolute atomic E-state index is 12.9. The molecule has 1 aliphatic heterocycles. The van der Waals surface area contributed by atoms with Crippen LogP contribution in [0.2, 0.25) is 5.02 Å². The lowest BCUT2D eigenvalue weighted by molar-refractivity contribution is -0.118. The molecule has 8 heteroatoms. The van der Waals surface area contributed by atoms with Gasteiger partial charge in [-0.1, -0.05) is 67.9 Å². The van der Waals surface area contributed by atoms with Crippen LogP contribution in [0.25, 0.3) is 11.3 Å². The molecule has 0 unspecified atom stereocenters. The van der Waals surface area contributed by atoms with Gasteiger partial charge in [-0.2, -0.15) is 4.98 Å². The van der Waals surface area contributed by atoms with E-state index in [4.69, 9.17) is 16.3 Å². The number of thioether (sulfide) groups is 1. The number of anilines is 1. The van der Waals surface area contributed by atoms with E-state index in [1.54, 1.807) is 22.7 Å². The average Bonchev–Trinajstić information content (AvgIpc) is 2.93. The van der Waals surface area contributed by atoms with E-state index in [9.17, 15) is 4.79 Å². The van der Waals surface area contributed by atoms with Crippen LogP contribution in [0, 0.1) is 0 Å². The molecule has 2 heterocycles. The monoisotopic (exact) mass is 468 g/mol. The molecule has 166 valence electrons. The summed E-state index contributed by atoms with van der Waals surface area (Å²) in [6.45, 7) is 5.75. The second-order valence-electron chi connectivity index (χ2n) is 7.54. The quantitative estimate of drug-likeness (QED) is 0.322. The van der Waals surface area contributed by atoms with Gasteiger partial charge in [-0.3, -0.25) is 9.69 Å². The van der Waals surface area contributed by atoms with Gasteiger partial charge in [0, 0.05) is 28.8 Å². The van der Waals surface area contributed by atoms with Crippen molar-refractivity contribution in [3.05, 3.63) is 58.6 Å². The number of aromatic nitrogens is 3. The molecule has 0 aliphatic carbocycles. The zero-order chi connectivity index (χ0) is 22.7. The van der Waals surface area contributed by atoms with Crippen molar-refractivity contribution in [2.75, 3.05) is 10.7 Å². The first kappa shape index (κ1) is 22.6. The lowest BCUT2D eigenvalue weighted by Gasteiger charge is -2.30. The number of halogens is 1. The number of rotatable bonds is 6. The Morgan fingerprint density at radius 3 is 2.72 bits per heavy atom. The largest absolute Gasteiger partial charge is 0.447 e. The minimum Gasteiger partial charge on any atom is -0.447 e. The standard InChI is InChI=1S/C24H25ClN4O2S/c1-4-6-13-32-24-26-22-21(27-28-24)18-14-16(5-2)11-12-20(18)29(15(3)30)23(31-22)17-9-7-8-10-19(17)25/h7-12,14,23H,4-6,13H2,1-3H3/t23-/m1/s1. The Balaban J connectivity index is 1.91. The summed E-state index contributed by atoms with van der Waals surface area (Å²) in [5.41, 5.74) is 3.80. The number of carbonyl (C=O) groups excluding carboxylic acids is 1. The van der Waals surface area contributed by atoms with E-state index >= 15 is 0 Å². The number of ether oxygens (including phenoxy) is 1. The molecule has 2 aromatic carbocycles. The van der Waals surface area contributed by atoms with Gasteiger partial charge >= 0.3 is 0 Å². The van der Waals surface area contributed by atoms with E-state index < -0.39 is 6.23 Å². The Morgan fingerprint density at radius 2 is 2.00 bits per heavy atom. The summed E-state index contributed by atoms with van der Waals surface area (Å²) < 4.78 is 6.39. The lowest BCUT2D eigenvalue weighted by Crippen LogP contribution is -2.36. The number of aryl methyl sites for hydroxylation is 1. The molecule has 0 bridgehead atoms. The van der Waals surface area contributed by atoms with Crippen LogP contribution in [0.5, 0.6) is 5.88 Å². The summed E-state index contributed by atoms with van der Waals surface area (Å²) in [6, 6.07) is 13.4. The van der Waals surface area contributed by atoms with Crippen molar-refractivity contribution in [1.82, 2.24) is 15.2 Å². The molecule has 0 saturated carbocycles. The molecule has 32 heavy (non-hydrogen) atoms. The fourth-order valence-corrected chi connectivity index (χ4v) is 4.71. The second kappa shape index (κ2) is 9.88. The SMILES string of the molecule is CCCCSc1nnc2c(n1)O[C@H](c1ccccc1Cl)N(C(C)=O)c1ccc(CC)cc1-2. The Bertz CT molecular complexity index is 1140. The molecule has 1 aromatic heterocycles. The van der Waals surface area contributed by atoms with Crippen molar-refractivity contribution in [1.29, 1.82) is 0 Å². The smallest absolute Gasteiger partial charge is 0.247 e. The van der Waals surface area contributed by atoms with Gasteiger partial charge in [-0.15, -0.1) is 10.2 Å². The van der Waals surface area contributed by atoms with Crippen molar-refractivity contribution in [3.8, 4) is 17.1 Å². The van der Waals surface area contributed by atoms with Crippen LogP contribution >= 0.6 is 23.4 Å². The van der Waals surface area contributed by atoms with Gasteiger partial charge in [-0.05, 0) is 36.6 Å². The highest BCUT2D eigenvalue weighted by molar-refractivity contribution is 7.99. The Morgan fingerprint density at radius 1 is 1.19 bits per heavy atom. The molecule has 0 fully saturated rings. The van der Waals surface area contributed by atoms with E-state index in [0.29, 0.717) is 33.0 Å². The summed E-state index contributed by atoms with van der Waals surface area (Å²) in [5.74, 6) is 1.09. The zero-order valence-electron chi connectivity index (χ0n) is 18.3. The van der Waals surface area contributed by atoms with Crippen LogP contribution in [0.4, 0.5) is 5.69 Å². The number of benzene rings is 2. The number of unbranched alkanes of at least 4 members (excludes halogenated alkanes) is 1. The summed E-state index contributed by atoms with van der Waals surface area (Å²) >= 11 is 8.08. The topological polar surface area (TPSA) is 68.2 Å². The van der Waals surface area contributed by atoms with Gasteiger partial charge < -0.3 is 4.74 Å². The minimum absolute atomic E-state index is 0.168. The van der Waals surface area contributed by atoms with E-state index in [1.165, 1.54) is 6.92 Å². The highest BCUT2D eigenvalue weighted by Gasteiger charge is 2.35. The van der Waals surface area contributed by atoms with Crippen molar-refractivity contribution in [2.24, 2.45) is 0 Å². The van der Waals surface area contributed by atoms with Crippen LogP contribution in [0.15, 0.2) is 47.6 Å². The molecular formula is C24H25ClN4O2S. The van der Waals surface area contributed by atoms with E-state index in [2.05, 4.69) is 29.0 Å². The Hall–Kier alpha value is -2.64. The number of fused-ring (bicyclic) bond motifs is 3. The first-order chi connectivity index (χ1) is 15.5. The van der Waals surface area contributed by atoms with Gasteiger partial charge in [-0.25, -0.2) is 0 Å². The van der Waals surface area contributed by atoms with Gasteiger partial charge in [0.2, 0.25) is 23.2 Å². The molecule has 3 aromatic rings. The number of nitrogens with zero attached hydrogens (tertiary/aromatic N) is 4. The van der Waals surface area contributed by atoms with Crippen LogP contribution in [0.1, 0.15) is 51.0 Å². The molecule has 0 N–H and O–H groups in total. The maximum atomic E-state index is 12.9. The van der Waals surface area contributed by atoms with Gasteiger partial charge in [0.05, 0.1) is 5.69 Å². The van der Waals surface area contributed by atoms with Crippen LogP contribution in [-0.2, 0) is 11.2 Å². The maximum Gasteiger partial charge on any atom is 0.247 e. The molecule has 0 saturated heterocycles. The second-order valence-corrected chi connectivity index (χ2v) is 9.01. The lowest BCUT2D eigenvalue weighted by atomic mass is 10.0. The highest BCUT2D eigenvalue weighted by Crippen LogP contribution is 2.44. The van der Waals surface area contributed by atoms with Gasteiger partial charge in [0.1, 0.15) is 0 Å². The Kier molecular flexibility index (Phi) is 6.96. The molecular weight excluding hydrogens is 444 g/mol. The number of hydrogen-bond acceptors (Lipinski definition) is 6. The predicted molar refractivity (Wildman–Crippen MR) is 128 cm³/mol. The highest BCUT2D eigenvalue weighted by atomic mass is 35.5. The van der Waals surface area contributed by atoms with Crippen molar-refractivity contribution in [3.63, 3.8) is 0 Å². The fraction of sp³-hybridized carbons (Fsp3) is 0.333. The molecule has 1 aliphatic rings. The Labute approximate surface area is 197 Å². The fourth-order valence-electron chi connectivity index (χ4n) is 3.62. The third-order valence-electron chi connectivity index (χ3n) is 5.32. The summed E-state index contributed by atoms with van der Waals surface area (Å²) in [6.07, 6.45) is 2.23. The molecule has 6 nitrogen and oxygen atoms in total. The van der Waals surface area contributed by atoms with Crippen molar-refractivity contribution >= 4 is 35.0 Å². The van der Waals surface area contributed by atoms with Crippen molar-refractivity contribution in [2.45, 2.75) is 51.4 Å². The van der Waals surface area contributed by atoms with Gasteiger partial charge in [0.15, 0.2) is 5.69 Å². The summed E-state index contributed by atoms with van der Waals surface area (Å²) in [7, 11) is 0. The molecule has 0 spiro atoms. The van der Waals surface area contributed by atoms with Crippen LogP contribution in [0.3, 0.4) is 0 Å². The van der Waals surface area contributed by atoms with Crippen LogP contribution < -0.4 is 9.64 Å². The number of amides is 1. The number of hydrogen-bond donors (Lipinski definition) is 0. The summed E-state index contributed by atoms with van der Waals surface area (Å²) in [4.78, 5) is 19.2.